The van der Waals surface area contributed by atoms with E-state index in [0.717, 1.165) is 22.5 Å². The molecular weight excluding hydrogens is 364 g/mol. The van der Waals surface area contributed by atoms with Gasteiger partial charge < -0.3 is 5.11 Å². The van der Waals surface area contributed by atoms with Gasteiger partial charge in [0, 0.05) is 19.5 Å². The third-order valence-corrected chi connectivity index (χ3v) is 6.53. The molecule has 1 aliphatic rings. The lowest BCUT2D eigenvalue weighted by Gasteiger charge is -2.32. The number of sulfonamides is 1. The molecule has 0 unspecified atom stereocenters. The van der Waals surface area contributed by atoms with E-state index in [0.29, 0.717) is 6.42 Å². The summed E-state index contributed by atoms with van der Waals surface area (Å²) in [5.74, 6) is -0.966. The number of carboxylic acid groups (broad SMARTS) is 1. The van der Waals surface area contributed by atoms with Crippen molar-refractivity contribution in [2.24, 2.45) is 10.4 Å². The van der Waals surface area contributed by atoms with Gasteiger partial charge in [0.25, 0.3) is 0 Å². The van der Waals surface area contributed by atoms with Gasteiger partial charge in [0.05, 0.1) is 21.9 Å². The van der Waals surface area contributed by atoms with Crippen LogP contribution in [0, 0.1) is 5.41 Å². The van der Waals surface area contributed by atoms with Crippen LogP contribution in [0.2, 0.25) is 0 Å². The fourth-order valence-electron chi connectivity index (χ4n) is 3.27. The van der Waals surface area contributed by atoms with Crippen LogP contribution in [0.4, 0.5) is 5.69 Å². The number of nitrogens with zero attached hydrogens (tertiary/aromatic N) is 2. The number of hydrogen-bond acceptors (Lipinski definition) is 4. The first-order chi connectivity index (χ1) is 12.5. The highest BCUT2D eigenvalue weighted by atomic mass is 32.2. The molecule has 7 heteroatoms. The maximum absolute atomic E-state index is 12.5. The van der Waals surface area contributed by atoms with Crippen LogP contribution in [0.1, 0.15) is 35.3 Å². The molecule has 0 radical (unpaired) electrons. The third kappa shape index (κ3) is 3.52. The highest BCUT2D eigenvalue weighted by molar-refractivity contribution is 7.89. The quantitative estimate of drug-likeness (QED) is 0.873. The average Bonchev–Trinajstić information content (AvgIpc) is 2.59. The molecule has 1 N–H and O–H groups in total. The molecule has 6 nitrogen and oxygen atoms in total. The van der Waals surface area contributed by atoms with Crippen molar-refractivity contribution in [2.75, 3.05) is 14.1 Å². The second-order valence-corrected chi connectivity index (χ2v) is 9.64. The summed E-state index contributed by atoms with van der Waals surface area (Å²) in [5, 5.41) is 9.20. The molecule has 27 heavy (non-hydrogen) atoms. The standard InChI is InChI=1S/C20H22N2O4S/c1-20(2)12-15-10-14(19(23)24)8-9-17(15)21-18(20)13-6-5-7-16(11-13)27(25,26)22(3)4/h5-11H,12H2,1-4H3,(H,23,24). The lowest BCUT2D eigenvalue weighted by Crippen LogP contribution is -2.31. The summed E-state index contributed by atoms with van der Waals surface area (Å²) in [6.07, 6.45) is 0.618. The fraction of sp³-hybridized carbons (Fsp3) is 0.300. The predicted molar refractivity (Wildman–Crippen MR) is 104 cm³/mol. The van der Waals surface area contributed by atoms with E-state index < -0.39 is 16.0 Å². The lowest BCUT2D eigenvalue weighted by atomic mass is 9.76. The SMILES string of the molecule is CN(C)S(=O)(=O)c1cccc(C2=Nc3ccc(C(=O)O)cc3CC2(C)C)c1. The number of carboxylic acids is 1. The van der Waals surface area contributed by atoms with E-state index in [1.165, 1.54) is 24.5 Å². The van der Waals surface area contributed by atoms with Gasteiger partial charge in [-0.1, -0.05) is 26.0 Å². The number of rotatable bonds is 4. The Bertz CT molecular complexity index is 1050. The van der Waals surface area contributed by atoms with Crippen molar-refractivity contribution in [3.05, 3.63) is 59.2 Å². The number of hydrogen-bond donors (Lipinski definition) is 1. The van der Waals surface area contributed by atoms with Crippen molar-refractivity contribution in [2.45, 2.75) is 25.2 Å². The summed E-state index contributed by atoms with van der Waals surface area (Å²) in [6, 6.07) is 11.7. The van der Waals surface area contributed by atoms with Crippen LogP contribution in [0.5, 0.6) is 0 Å². The first-order valence-electron chi connectivity index (χ1n) is 8.51. The zero-order valence-electron chi connectivity index (χ0n) is 15.7. The van der Waals surface area contributed by atoms with Crippen molar-refractivity contribution in [1.82, 2.24) is 4.31 Å². The van der Waals surface area contributed by atoms with E-state index in [4.69, 9.17) is 4.99 Å². The number of aromatic carboxylic acids is 1. The van der Waals surface area contributed by atoms with Gasteiger partial charge in [-0.05, 0) is 47.9 Å². The van der Waals surface area contributed by atoms with Crippen LogP contribution in [-0.2, 0) is 16.4 Å². The number of aliphatic imine (C=N–C) groups is 1. The molecular formula is C20H22N2O4S. The molecule has 0 bridgehead atoms. The van der Waals surface area contributed by atoms with Gasteiger partial charge >= 0.3 is 5.97 Å². The van der Waals surface area contributed by atoms with Crippen molar-refractivity contribution >= 4 is 27.4 Å². The van der Waals surface area contributed by atoms with Gasteiger partial charge in [0.15, 0.2) is 0 Å². The maximum Gasteiger partial charge on any atom is 0.335 e. The number of fused-ring (bicyclic) bond motifs is 1. The second kappa shape index (κ2) is 6.58. The van der Waals surface area contributed by atoms with Crippen LogP contribution in [-0.4, -0.2) is 43.6 Å². The predicted octanol–water partition coefficient (Wildman–Crippen LogP) is 3.34. The normalized spacial score (nSPS) is 16.0. The molecule has 0 aliphatic carbocycles. The first-order valence-corrected chi connectivity index (χ1v) is 9.95. The minimum atomic E-state index is -3.54. The molecule has 0 saturated heterocycles. The molecule has 1 aliphatic heterocycles. The van der Waals surface area contributed by atoms with Gasteiger partial charge in [0.1, 0.15) is 0 Å². The molecule has 0 aromatic heterocycles. The van der Waals surface area contributed by atoms with Crippen molar-refractivity contribution in [3.63, 3.8) is 0 Å². The average molecular weight is 386 g/mol. The Morgan fingerprint density at radius 2 is 1.85 bits per heavy atom. The Labute approximate surface area is 159 Å². The topological polar surface area (TPSA) is 87.0 Å². The zero-order valence-corrected chi connectivity index (χ0v) is 16.5. The van der Waals surface area contributed by atoms with E-state index in [2.05, 4.69) is 0 Å². The summed E-state index contributed by atoms with van der Waals surface area (Å²) >= 11 is 0. The van der Waals surface area contributed by atoms with Crippen LogP contribution >= 0.6 is 0 Å². The number of benzene rings is 2. The van der Waals surface area contributed by atoms with E-state index in [1.54, 1.807) is 30.3 Å². The zero-order chi connectivity index (χ0) is 20.0. The molecule has 2 aromatic carbocycles. The Kier molecular flexibility index (Phi) is 4.69. The van der Waals surface area contributed by atoms with Gasteiger partial charge in [-0.15, -0.1) is 0 Å². The van der Waals surface area contributed by atoms with Gasteiger partial charge in [0.2, 0.25) is 10.0 Å². The van der Waals surface area contributed by atoms with Crippen LogP contribution in [0.15, 0.2) is 52.4 Å². The van der Waals surface area contributed by atoms with Crippen LogP contribution in [0.25, 0.3) is 0 Å². The van der Waals surface area contributed by atoms with Gasteiger partial charge in [-0.25, -0.2) is 17.5 Å². The van der Waals surface area contributed by atoms with Gasteiger partial charge in [-0.2, -0.15) is 0 Å². The monoisotopic (exact) mass is 386 g/mol. The third-order valence-electron chi connectivity index (χ3n) is 4.72. The highest BCUT2D eigenvalue weighted by Gasteiger charge is 2.32. The number of carbonyl (C=O) groups is 1. The minimum absolute atomic E-state index is 0.218. The smallest absolute Gasteiger partial charge is 0.335 e. The maximum atomic E-state index is 12.5. The molecule has 0 fully saturated rings. The summed E-state index contributed by atoms with van der Waals surface area (Å²) in [4.78, 5) is 16.2. The fourth-order valence-corrected chi connectivity index (χ4v) is 4.22. The molecule has 0 saturated carbocycles. The van der Waals surface area contributed by atoms with E-state index >= 15 is 0 Å². The lowest BCUT2D eigenvalue weighted by molar-refractivity contribution is 0.0696. The van der Waals surface area contributed by atoms with Crippen LogP contribution < -0.4 is 0 Å². The van der Waals surface area contributed by atoms with Crippen LogP contribution in [0.3, 0.4) is 0 Å². The Morgan fingerprint density at radius 3 is 2.48 bits per heavy atom. The molecule has 2 aromatic rings. The van der Waals surface area contributed by atoms with Gasteiger partial charge in [-0.3, -0.25) is 4.99 Å². The molecule has 142 valence electrons. The Balaban J connectivity index is 2.13. The van der Waals surface area contributed by atoms with Crippen molar-refractivity contribution in [1.29, 1.82) is 0 Å². The first kappa shape index (κ1) is 19.3. The molecule has 0 atom stereocenters. The summed E-state index contributed by atoms with van der Waals surface area (Å²) in [7, 11) is -0.537. The molecule has 0 spiro atoms. The second-order valence-electron chi connectivity index (χ2n) is 7.48. The highest BCUT2D eigenvalue weighted by Crippen LogP contribution is 2.38. The summed E-state index contributed by atoms with van der Waals surface area (Å²) in [5.41, 5.74) is 2.99. The van der Waals surface area contributed by atoms with Crippen molar-refractivity contribution in [3.8, 4) is 0 Å². The van der Waals surface area contributed by atoms with Crippen molar-refractivity contribution < 1.29 is 18.3 Å². The van der Waals surface area contributed by atoms with E-state index in [-0.39, 0.29) is 15.9 Å². The Morgan fingerprint density at radius 1 is 1.15 bits per heavy atom. The largest absolute Gasteiger partial charge is 0.478 e. The summed E-state index contributed by atoms with van der Waals surface area (Å²) in [6.45, 7) is 4.05. The Hall–Kier alpha value is -2.51. The van der Waals surface area contributed by atoms with E-state index in [1.807, 2.05) is 19.9 Å². The summed E-state index contributed by atoms with van der Waals surface area (Å²) < 4.78 is 26.1. The molecule has 0 amide bonds. The molecule has 1 heterocycles. The van der Waals surface area contributed by atoms with E-state index in [9.17, 15) is 18.3 Å². The molecule has 3 rings (SSSR count). The minimum Gasteiger partial charge on any atom is -0.478 e.